The van der Waals surface area contributed by atoms with Gasteiger partial charge in [0.1, 0.15) is 11.6 Å². The zero-order chi connectivity index (χ0) is 18.4. The summed E-state index contributed by atoms with van der Waals surface area (Å²) in [5.74, 6) is 3.97. The van der Waals surface area contributed by atoms with Crippen LogP contribution < -0.4 is 15.5 Å². The topological polar surface area (TPSA) is 80.4 Å². The Morgan fingerprint density at radius 3 is 2.61 bits per heavy atom. The number of hydrogen-bond acceptors (Lipinski definition) is 7. The lowest BCUT2D eigenvalue weighted by Gasteiger charge is -2.55. The van der Waals surface area contributed by atoms with E-state index in [9.17, 15) is 0 Å². The summed E-state index contributed by atoms with van der Waals surface area (Å²) in [7, 11) is 0. The summed E-state index contributed by atoms with van der Waals surface area (Å²) in [5, 5.41) is 0. The lowest BCUT2D eigenvalue weighted by atomic mass is 9.86. The Kier molecular flexibility index (Phi) is 2.96. The zero-order valence-electron chi connectivity index (χ0n) is 15.8. The van der Waals surface area contributed by atoms with E-state index in [-0.39, 0.29) is 0 Å². The van der Waals surface area contributed by atoms with Crippen LogP contribution in [-0.2, 0) is 4.74 Å². The summed E-state index contributed by atoms with van der Waals surface area (Å²) in [6.07, 6.45) is 7.26. The minimum Gasteiger partial charge on any atom is -0.383 e. The van der Waals surface area contributed by atoms with E-state index in [1.165, 1.54) is 31.2 Å². The molecular formula is C21H24N6O. The van der Waals surface area contributed by atoms with Crippen LogP contribution in [0, 0.1) is 5.92 Å². The normalized spacial score (nSPS) is 32.4. The molecule has 6 aliphatic rings. The van der Waals surface area contributed by atoms with E-state index in [4.69, 9.17) is 20.4 Å². The summed E-state index contributed by atoms with van der Waals surface area (Å²) >= 11 is 0. The number of ether oxygens (including phenoxy) is 1. The minimum atomic E-state index is 0.390. The number of hydrogen-bond donors (Lipinski definition) is 1. The van der Waals surface area contributed by atoms with Crippen molar-refractivity contribution in [3.8, 4) is 11.3 Å². The number of nitrogen functional groups attached to an aromatic ring is 1. The molecule has 2 aromatic rings. The highest BCUT2D eigenvalue weighted by atomic mass is 16.5. The average Bonchev–Trinajstić information content (AvgIpc) is 3.29. The lowest BCUT2D eigenvalue weighted by Crippen LogP contribution is -2.71. The molecule has 2 N–H and O–H groups in total. The molecule has 144 valence electrons. The van der Waals surface area contributed by atoms with Gasteiger partial charge in [-0.25, -0.2) is 9.97 Å². The highest BCUT2D eigenvalue weighted by molar-refractivity contribution is 5.68. The first-order chi connectivity index (χ1) is 13.7. The second-order valence-corrected chi connectivity index (χ2v) is 9.12. The van der Waals surface area contributed by atoms with Crippen LogP contribution >= 0.6 is 0 Å². The molecule has 2 aromatic heterocycles. The van der Waals surface area contributed by atoms with Gasteiger partial charge in [-0.1, -0.05) is 0 Å². The molecule has 0 aromatic carbocycles. The molecule has 28 heavy (non-hydrogen) atoms. The zero-order valence-corrected chi connectivity index (χ0v) is 15.8. The van der Waals surface area contributed by atoms with Crippen LogP contribution in [0.3, 0.4) is 0 Å². The number of anilines is 3. The molecule has 4 aliphatic heterocycles. The van der Waals surface area contributed by atoms with Crippen LogP contribution in [0.2, 0.25) is 0 Å². The molecule has 2 saturated carbocycles. The van der Waals surface area contributed by atoms with Crippen molar-refractivity contribution in [2.45, 2.75) is 49.8 Å². The number of fused-ring (bicyclic) bond motifs is 2. The van der Waals surface area contributed by atoms with Crippen LogP contribution in [0.1, 0.15) is 37.2 Å². The molecule has 2 bridgehead atoms. The van der Waals surface area contributed by atoms with Gasteiger partial charge in [0.05, 0.1) is 24.4 Å². The fraction of sp³-hybridized carbons (Fsp3) is 0.571. The number of pyridine rings is 1. The highest BCUT2D eigenvalue weighted by Gasteiger charge is 2.49. The van der Waals surface area contributed by atoms with E-state index in [0.29, 0.717) is 29.9 Å². The van der Waals surface area contributed by atoms with Crippen molar-refractivity contribution in [3.63, 3.8) is 0 Å². The van der Waals surface area contributed by atoms with E-state index >= 15 is 0 Å². The molecule has 0 amide bonds. The van der Waals surface area contributed by atoms with Crippen LogP contribution in [0.25, 0.3) is 11.3 Å². The first-order valence-corrected chi connectivity index (χ1v) is 10.5. The highest BCUT2D eigenvalue weighted by Crippen LogP contribution is 2.45. The maximum absolute atomic E-state index is 6.14. The number of nitrogens with zero attached hydrogens (tertiary/aromatic N) is 5. The molecule has 7 heteroatoms. The third kappa shape index (κ3) is 2.16. The Balaban J connectivity index is 1.31. The molecule has 6 fully saturated rings. The summed E-state index contributed by atoms with van der Waals surface area (Å²) < 4.78 is 5.59. The maximum atomic E-state index is 6.14. The van der Waals surface area contributed by atoms with Gasteiger partial charge in [0, 0.05) is 37.0 Å². The van der Waals surface area contributed by atoms with E-state index in [1.807, 2.05) is 6.20 Å². The van der Waals surface area contributed by atoms with Gasteiger partial charge in [0.25, 0.3) is 0 Å². The largest absolute Gasteiger partial charge is 0.383 e. The predicted octanol–water partition coefficient (Wildman–Crippen LogP) is 2.18. The number of aromatic nitrogens is 3. The van der Waals surface area contributed by atoms with Crippen molar-refractivity contribution in [2.75, 3.05) is 35.2 Å². The van der Waals surface area contributed by atoms with E-state index in [2.05, 4.69) is 26.9 Å². The third-order valence-electron chi connectivity index (χ3n) is 7.31. The lowest BCUT2D eigenvalue weighted by molar-refractivity contribution is -0.113. The Labute approximate surface area is 163 Å². The third-order valence-corrected chi connectivity index (χ3v) is 7.31. The fourth-order valence-electron chi connectivity index (χ4n) is 5.21. The smallest absolute Gasteiger partial charge is 0.228 e. The van der Waals surface area contributed by atoms with Crippen molar-refractivity contribution >= 4 is 17.6 Å². The van der Waals surface area contributed by atoms with Gasteiger partial charge in [0.15, 0.2) is 0 Å². The predicted molar refractivity (Wildman–Crippen MR) is 106 cm³/mol. The molecule has 7 nitrogen and oxygen atoms in total. The summed E-state index contributed by atoms with van der Waals surface area (Å²) in [6.45, 7) is 2.83. The maximum Gasteiger partial charge on any atom is 0.228 e. The molecule has 0 radical (unpaired) electrons. The Morgan fingerprint density at radius 1 is 1.07 bits per heavy atom. The van der Waals surface area contributed by atoms with E-state index in [0.717, 1.165) is 48.6 Å². The molecule has 2 atom stereocenters. The molecule has 4 saturated heterocycles. The molecule has 0 spiro atoms. The van der Waals surface area contributed by atoms with Gasteiger partial charge in [-0.2, -0.15) is 4.98 Å². The molecule has 6 heterocycles. The molecule has 1 unspecified atom stereocenters. The standard InChI is InChI=1S/C21H24N6O/c22-20-15(12-1-2-12)5-13(7-23-20)16-6-19(27-9-18-17(27)10-28-18)25-21(24-16)26-8-11-3-14(26)4-11/h5-7,11-12,14,17-18H,1-4,8-10H2,(H2,22,23)/t11?,14?,17-,18?/m1/s1. The molecule has 2 aliphatic carbocycles. The van der Waals surface area contributed by atoms with Gasteiger partial charge in [-0.15, -0.1) is 0 Å². The Bertz CT molecular complexity index is 969. The second-order valence-electron chi connectivity index (χ2n) is 9.12. The summed E-state index contributed by atoms with van der Waals surface area (Å²) in [5.41, 5.74) is 9.33. The number of nitrogens with two attached hydrogens (primary N) is 1. The Morgan fingerprint density at radius 2 is 1.96 bits per heavy atom. The van der Waals surface area contributed by atoms with Crippen molar-refractivity contribution in [1.29, 1.82) is 0 Å². The van der Waals surface area contributed by atoms with Crippen LogP contribution in [-0.4, -0.2) is 52.8 Å². The van der Waals surface area contributed by atoms with Crippen molar-refractivity contribution in [1.82, 2.24) is 15.0 Å². The van der Waals surface area contributed by atoms with Crippen LogP contribution in [0.15, 0.2) is 18.3 Å². The monoisotopic (exact) mass is 376 g/mol. The molecule has 8 rings (SSSR count). The van der Waals surface area contributed by atoms with Gasteiger partial charge in [-0.05, 0) is 49.1 Å². The van der Waals surface area contributed by atoms with Crippen LogP contribution in [0.4, 0.5) is 17.6 Å². The minimum absolute atomic E-state index is 0.390. The Hall–Kier alpha value is -2.41. The SMILES string of the molecule is Nc1ncc(-c2cc(N3CC4OC[C@H]43)nc(N3CC4CC3C4)n2)cc1C1CC1. The van der Waals surface area contributed by atoms with Gasteiger partial charge >= 0.3 is 0 Å². The second kappa shape index (κ2) is 5.35. The summed E-state index contributed by atoms with van der Waals surface area (Å²) in [6, 6.07) is 5.43. The first kappa shape index (κ1) is 15.5. The summed E-state index contributed by atoms with van der Waals surface area (Å²) in [4.78, 5) is 19.2. The van der Waals surface area contributed by atoms with Crippen molar-refractivity contribution in [2.24, 2.45) is 5.92 Å². The van der Waals surface area contributed by atoms with Crippen molar-refractivity contribution in [3.05, 3.63) is 23.9 Å². The quantitative estimate of drug-likeness (QED) is 0.876. The van der Waals surface area contributed by atoms with Gasteiger partial charge in [0.2, 0.25) is 5.95 Å². The van der Waals surface area contributed by atoms with Crippen LogP contribution in [0.5, 0.6) is 0 Å². The van der Waals surface area contributed by atoms with E-state index < -0.39 is 0 Å². The first-order valence-electron chi connectivity index (χ1n) is 10.5. The van der Waals surface area contributed by atoms with E-state index in [1.54, 1.807) is 0 Å². The number of rotatable bonds is 4. The fourth-order valence-corrected chi connectivity index (χ4v) is 5.21. The average molecular weight is 376 g/mol. The number of morpholine rings is 1. The van der Waals surface area contributed by atoms with Gasteiger partial charge in [-0.3, -0.25) is 0 Å². The molecular weight excluding hydrogens is 352 g/mol. The van der Waals surface area contributed by atoms with Crippen molar-refractivity contribution < 1.29 is 4.74 Å². The van der Waals surface area contributed by atoms with Gasteiger partial charge < -0.3 is 20.3 Å².